The van der Waals surface area contributed by atoms with Gasteiger partial charge in [0.05, 0.1) is 18.0 Å². The van der Waals surface area contributed by atoms with Crippen LogP contribution in [0.2, 0.25) is 0 Å². The molecule has 1 atom stereocenters. The zero-order chi connectivity index (χ0) is 18.0. The fraction of sp³-hybridized carbons (Fsp3) is 0.421. The molecule has 1 aliphatic carbocycles. The molecule has 0 bridgehead atoms. The van der Waals surface area contributed by atoms with Crippen LogP contribution in [-0.4, -0.2) is 39.5 Å². The number of aromatic nitrogens is 1. The minimum absolute atomic E-state index is 0.0312. The second-order valence-electron chi connectivity index (χ2n) is 6.70. The van der Waals surface area contributed by atoms with E-state index in [1.54, 1.807) is 11.8 Å². The van der Waals surface area contributed by atoms with Crippen molar-refractivity contribution < 1.29 is 14.7 Å². The molecule has 1 N–H and O–H groups in total. The first-order valence-electron chi connectivity index (χ1n) is 8.47. The van der Waals surface area contributed by atoms with Crippen LogP contribution >= 0.6 is 11.3 Å². The van der Waals surface area contributed by atoms with Crippen molar-refractivity contribution in [2.45, 2.75) is 39.2 Å². The molecule has 1 aromatic carbocycles. The maximum absolute atomic E-state index is 12.6. The van der Waals surface area contributed by atoms with Crippen LogP contribution in [0.5, 0.6) is 0 Å². The number of nitrogens with zero attached hydrogens (tertiary/aromatic N) is 2. The van der Waals surface area contributed by atoms with E-state index in [4.69, 9.17) is 5.11 Å². The largest absolute Gasteiger partial charge is 0.481 e. The van der Waals surface area contributed by atoms with Crippen molar-refractivity contribution in [2.75, 3.05) is 6.54 Å². The van der Waals surface area contributed by atoms with E-state index in [-0.39, 0.29) is 24.9 Å². The van der Waals surface area contributed by atoms with Crippen LogP contribution in [0.25, 0.3) is 10.6 Å². The Labute approximate surface area is 151 Å². The van der Waals surface area contributed by atoms with E-state index in [0.29, 0.717) is 0 Å². The van der Waals surface area contributed by atoms with Crippen LogP contribution in [0.3, 0.4) is 0 Å². The van der Waals surface area contributed by atoms with Gasteiger partial charge in [0.25, 0.3) is 0 Å². The van der Waals surface area contributed by atoms with Crippen molar-refractivity contribution in [1.29, 1.82) is 0 Å². The van der Waals surface area contributed by atoms with E-state index in [1.165, 1.54) is 16.9 Å². The summed E-state index contributed by atoms with van der Waals surface area (Å²) in [5.41, 5.74) is 3.00. The Balaban J connectivity index is 1.67. The predicted octanol–water partition coefficient (Wildman–Crippen LogP) is 3.37. The first-order chi connectivity index (χ1) is 11.9. The third-order valence-corrected chi connectivity index (χ3v) is 5.32. The lowest BCUT2D eigenvalue weighted by atomic mass is 10.1. The molecule has 1 aliphatic rings. The fourth-order valence-corrected chi connectivity index (χ4v) is 3.51. The molecule has 1 saturated carbocycles. The summed E-state index contributed by atoms with van der Waals surface area (Å²) in [6.45, 7) is 3.96. The number of carbonyl (C=O) groups is 2. The van der Waals surface area contributed by atoms with Gasteiger partial charge in [0.15, 0.2) is 0 Å². The average molecular weight is 358 g/mol. The number of thiazole rings is 1. The SMILES string of the molecule is Cc1ccc(-c2nc(CC(=O)N(CC(C)C(=O)O)C3CC3)cs2)cc1. The number of carboxylic acid groups (broad SMARTS) is 1. The summed E-state index contributed by atoms with van der Waals surface area (Å²) >= 11 is 1.53. The van der Waals surface area contributed by atoms with Gasteiger partial charge in [-0.1, -0.05) is 36.8 Å². The van der Waals surface area contributed by atoms with Crippen LogP contribution in [0.1, 0.15) is 31.0 Å². The summed E-state index contributed by atoms with van der Waals surface area (Å²) in [7, 11) is 0. The Kier molecular flexibility index (Phi) is 5.18. The van der Waals surface area contributed by atoms with Crippen LogP contribution in [0.15, 0.2) is 29.6 Å². The standard InChI is InChI=1S/C19H22N2O3S/c1-12-3-5-14(6-4-12)18-20-15(11-25-18)9-17(22)21(16-7-8-16)10-13(2)19(23)24/h3-6,11,13,16H,7-10H2,1-2H3,(H,23,24). The highest BCUT2D eigenvalue weighted by Gasteiger charge is 2.34. The van der Waals surface area contributed by atoms with Crippen LogP contribution in [-0.2, 0) is 16.0 Å². The summed E-state index contributed by atoms with van der Waals surface area (Å²) in [6.07, 6.45) is 2.15. The molecule has 1 fully saturated rings. The van der Waals surface area contributed by atoms with Gasteiger partial charge in [-0.3, -0.25) is 9.59 Å². The second-order valence-corrected chi connectivity index (χ2v) is 7.56. The summed E-state index contributed by atoms with van der Waals surface area (Å²) in [5, 5.41) is 11.9. The number of rotatable bonds is 7. The normalized spacial score (nSPS) is 15.0. The molecular formula is C19H22N2O3S. The summed E-state index contributed by atoms with van der Waals surface area (Å²) in [5.74, 6) is -1.45. The smallest absolute Gasteiger partial charge is 0.308 e. The highest BCUT2D eigenvalue weighted by molar-refractivity contribution is 7.13. The Bertz CT molecular complexity index is 765. The number of hydrogen-bond acceptors (Lipinski definition) is 4. The Morgan fingerprint density at radius 1 is 1.32 bits per heavy atom. The van der Waals surface area contributed by atoms with E-state index in [1.807, 2.05) is 36.6 Å². The van der Waals surface area contributed by atoms with Crippen LogP contribution in [0.4, 0.5) is 0 Å². The minimum atomic E-state index is -0.867. The van der Waals surface area contributed by atoms with Gasteiger partial charge in [0.1, 0.15) is 5.01 Å². The molecule has 0 radical (unpaired) electrons. The maximum Gasteiger partial charge on any atom is 0.308 e. The molecule has 132 valence electrons. The quantitative estimate of drug-likeness (QED) is 0.824. The Hall–Kier alpha value is -2.21. The van der Waals surface area contributed by atoms with E-state index >= 15 is 0 Å². The molecule has 1 amide bonds. The molecule has 1 unspecified atom stereocenters. The summed E-state index contributed by atoms with van der Waals surface area (Å²) < 4.78 is 0. The highest BCUT2D eigenvalue weighted by Crippen LogP contribution is 2.29. The summed E-state index contributed by atoms with van der Waals surface area (Å²) in [6, 6.07) is 8.35. The Morgan fingerprint density at radius 3 is 2.60 bits per heavy atom. The summed E-state index contributed by atoms with van der Waals surface area (Å²) in [4.78, 5) is 30.0. The van der Waals surface area contributed by atoms with Crippen molar-refractivity contribution in [3.63, 3.8) is 0 Å². The van der Waals surface area contributed by atoms with Crippen LogP contribution in [0, 0.1) is 12.8 Å². The molecule has 3 rings (SSSR count). The van der Waals surface area contributed by atoms with Crippen molar-refractivity contribution in [3.8, 4) is 10.6 Å². The lowest BCUT2D eigenvalue weighted by Gasteiger charge is -2.24. The van der Waals surface area contributed by atoms with Crippen molar-refractivity contribution in [3.05, 3.63) is 40.9 Å². The highest BCUT2D eigenvalue weighted by atomic mass is 32.1. The first-order valence-corrected chi connectivity index (χ1v) is 9.35. The lowest BCUT2D eigenvalue weighted by molar-refractivity contribution is -0.143. The Morgan fingerprint density at radius 2 is 2.00 bits per heavy atom. The molecule has 0 saturated heterocycles. The number of carbonyl (C=O) groups excluding carboxylic acids is 1. The maximum atomic E-state index is 12.6. The third-order valence-electron chi connectivity index (χ3n) is 4.38. The van der Waals surface area contributed by atoms with E-state index in [2.05, 4.69) is 4.98 Å². The number of aryl methyl sites for hydroxylation is 1. The van der Waals surface area contributed by atoms with Crippen LogP contribution < -0.4 is 0 Å². The predicted molar refractivity (Wildman–Crippen MR) is 97.5 cm³/mol. The molecule has 0 aliphatic heterocycles. The molecule has 1 aromatic heterocycles. The third kappa shape index (κ3) is 4.45. The second kappa shape index (κ2) is 7.35. The molecule has 6 heteroatoms. The van der Waals surface area contributed by atoms with E-state index in [9.17, 15) is 9.59 Å². The molecule has 5 nitrogen and oxygen atoms in total. The topological polar surface area (TPSA) is 70.5 Å². The molecule has 2 aromatic rings. The minimum Gasteiger partial charge on any atom is -0.481 e. The van der Waals surface area contributed by atoms with E-state index < -0.39 is 11.9 Å². The lowest BCUT2D eigenvalue weighted by Crippen LogP contribution is -2.39. The van der Waals surface area contributed by atoms with Gasteiger partial charge in [0.2, 0.25) is 5.91 Å². The molecule has 0 spiro atoms. The van der Waals surface area contributed by atoms with Gasteiger partial charge in [-0.05, 0) is 19.8 Å². The first kappa shape index (κ1) is 17.6. The van der Waals surface area contributed by atoms with Gasteiger partial charge in [-0.25, -0.2) is 4.98 Å². The van der Waals surface area contributed by atoms with Gasteiger partial charge in [0, 0.05) is 23.5 Å². The number of benzene rings is 1. The van der Waals surface area contributed by atoms with Crippen molar-refractivity contribution >= 4 is 23.2 Å². The molecule has 25 heavy (non-hydrogen) atoms. The van der Waals surface area contributed by atoms with Gasteiger partial charge >= 0.3 is 5.97 Å². The van der Waals surface area contributed by atoms with Gasteiger partial charge in [-0.15, -0.1) is 11.3 Å². The number of aliphatic carboxylic acids is 1. The molecular weight excluding hydrogens is 336 g/mol. The van der Waals surface area contributed by atoms with Gasteiger partial charge < -0.3 is 10.0 Å². The number of carboxylic acids is 1. The number of hydrogen-bond donors (Lipinski definition) is 1. The fourth-order valence-electron chi connectivity index (χ4n) is 2.69. The van der Waals surface area contributed by atoms with Gasteiger partial charge in [-0.2, -0.15) is 0 Å². The molecule has 1 heterocycles. The average Bonchev–Trinajstić information content (AvgIpc) is 3.32. The monoisotopic (exact) mass is 358 g/mol. The van der Waals surface area contributed by atoms with E-state index in [0.717, 1.165) is 29.1 Å². The zero-order valence-corrected chi connectivity index (χ0v) is 15.3. The van der Waals surface area contributed by atoms with Crippen molar-refractivity contribution in [2.24, 2.45) is 5.92 Å². The van der Waals surface area contributed by atoms with Crippen molar-refractivity contribution in [1.82, 2.24) is 9.88 Å². The zero-order valence-electron chi connectivity index (χ0n) is 14.4. The number of amides is 1.